The minimum absolute atomic E-state index is 0.661. The van der Waals surface area contributed by atoms with Crippen LogP contribution in [0.25, 0.3) is 0 Å². The van der Waals surface area contributed by atoms with E-state index in [0.29, 0.717) is 0 Å². The standard InChI is InChI=1S/3C10H18O2.Al/c3*1-2-3-4-5-6-7-8-9-10(11)12;/h3*8-9H,2-7H2,1H3,(H,11,12);/q;;;+3/p-3. The molecule has 210 valence electrons. The summed E-state index contributed by atoms with van der Waals surface area (Å²) in [5.74, 6) is -1.98. The smallest absolute Gasteiger partial charge is 0.547 e. The fourth-order valence-corrected chi connectivity index (χ4v) is 4.56. The van der Waals surface area contributed by atoms with E-state index in [1.807, 2.05) is 0 Å². The van der Waals surface area contributed by atoms with E-state index in [9.17, 15) is 14.4 Å². The van der Waals surface area contributed by atoms with Crippen molar-refractivity contribution in [2.45, 2.75) is 136 Å². The molecule has 0 rings (SSSR count). The summed E-state index contributed by atoms with van der Waals surface area (Å²) in [7, 11) is 0. The molecular weight excluding hydrogens is 483 g/mol. The van der Waals surface area contributed by atoms with E-state index in [2.05, 4.69) is 20.8 Å². The summed E-state index contributed by atoms with van der Waals surface area (Å²) >= 11 is -3.33. The molecule has 0 aliphatic rings. The Bertz CT molecular complexity index is 581. The Morgan fingerprint density at radius 1 is 0.459 bits per heavy atom. The van der Waals surface area contributed by atoms with Crippen LogP contribution in [0.4, 0.5) is 0 Å². The van der Waals surface area contributed by atoms with Crippen LogP contribution in [0.15, 0.2) is 36.5 Å². The highest BCUT2D eigenvalue weighted by Crippen LogP contribution is 2.08. The third kappa shape index (κ3) is 25.6. The molecule has 0 spiro atoms. The Labute approximate surface area is 231 Å². The zero-order chi connectivity index (χ0) is 27.4. The van der Waals surface area contributed by atoms with Crippen molar-refractivity contribution in [1.29, 1.82) is 0 Å². The Hall–Kier alpha value is -1.84. The average molecular weight is 535 g/mol. The molecule has 0 unspecified atom stereocenters. The van der Waals surface area contributed by atoms with Crippen molar-refractivity contribution in [3.05, 3.63) is 36.5 Å². The average Bonchev–Trinajstić information content (AvgIpc) is 2.87. The minimum Gasteiger partial charge on any atom is -0.547 e. The largest absolute Gasteiger partial charge is 1.20 e. The van der Waals surface area contributed by atoms with Gasteiger partial charge in [0.25, 0.3) is 17.9 Å². The summed E-state index contributed by atoms with van der Waals surface area (Å²) in [5.41, 5.74) is 0. The predicted molar refractivity (Wildman–Crippen MR) is 152 cm³/mol. The van der Waals surface area contributed by atoms with Crippen LogP contribution in [0.3, 0.4) is 0 Å². The van der Waals surface area contributed by atoms with Gasteiger partial charge in [0.1, 0.15) is 0 Å². The van der Waals surface area contributed by atoms with Gasteiger partial charge < -0.3 is 11.4 Å². The van der Waals surface area contributed by atoms with Crippen LogP contribution >= 0.6 is 0 Å². The van der Waals surface area contributed by atoms with E-state index in [0.717, 1.165) is 57.8 Å². The Balaban J connectivity index is 4.68. The minimum atomic E-state index is -3.33. The number of carbonyl (C=O) groups is 3. The Morgan fingerprint density at radius 3 is 1.00 bits per heavy atom. The molecule has 0 amide bonds. The molecule has 0 radical (unpaired) electrons. The van der Waals surface area contributed by atoms with E-state index in [4.69, 9.17) is 11.4 Å². The lowest BCUT2D eigenvalue weighted by Crippen LogP contribution is -2.33. The second-order valence-electron chi connectivity index (χ2n) is 9.42. The van der Waals surface area contributed by atoms with Crippen molar-refractivity contribution >= 4 is 33.1 Å². The normalized spacial score (nSPS) is 11.4. The second-order valence-corrected chi connectivity index (χ2v) is 10.7. The molecular formula is C30H51AlO6. The maximum absolute atomic E-state index is 12.2. The summed E-state index contributed by atoms with van der Waals surface area (Å²) < 4.78 is 15.7. The first kappa shape index (κ1) is 35.2. The van der Waals surface area contributed by atoms with Crippen LogP contribution in [0, 0.1) is 0 Å². The second kappa shape index (κ2) is 27.2. The topological polar surface area (TPSA) is 78.9 Å². The molecule has 0 saturated heterocycles. The van der Waals surface area contributed by atoms with Crippen molar-refractivity contribution in [3.63, 3.8) is 0 Å². The van der Waals surface area contributed by atoms with Gasteiger partial charge in [0.15, 0.2) is 0 Å². The van der Waals surface area contributed by atoms with Gasteiger partial charge in [-0.25, -0.2) is 0 Å². The van der Waals surface area contributed by atoms with Gasteiger partial charge in [-0.1, -0.05) is 116 Å². The maximum Gasteiger partial charge on any atom is 1.20 e. The Kier molecular flexibility index (Phi) is 25.9. The highest BCUT2D eigenvalue weighted by atomic mass is 27.3. The number of carbonyl (C=O) groups excluding carboxylic acids is 3. The predicted octanol–water partition coefficient (Wildman–Crippen LogP) is 8.35. The Morgan fingerprint density at radius 2 is 0.730 bits per heavy atom. The number of hydrogen-bond acceptors (Lipinski definition) is 6. The molecule has 0 bridgehead atoms. The van der Waals surface area contributed by atoms with Crippen LogP contribution in [0.2, 0.25) is 0 Å². The molecule has 7 heteroatoms. The number of rotatable bonds is 24. The zero-order valence-corrected chi connectivity index (χ0v) is 24.9. The van der Waals surface area contributed by atoms with Crippen molar-refractivity contribution < 1.29 is 25.7 Å². The molecule has 0 atom stereocenters. The zero-order valence-electron chi connectivity index (χ0n) is 23.7. The summed E-state index contributed by atoms with van der Waals surface area (Å²) in [6, 6.07) is 0. The van der Waals surface area contributed by atoms with Gasteiger partial charge in [0, 0.05) is 18.2 Å². The lowest BCUT2D eigenvalue weighted by molar-refractivity contribution is -0.141. The van der Waals surface area contributed by atoms with Gasteiger partial charge in [-0.3, -0.25) is 14.4 Å². The number of allylic oxidation sites excluding steroid dienone is 3. The van der Waals surface area contributed by atoms with Gasteiger partial charge in [-0.2, -0.15) is 0 Å². The number of hydrogen-bond donors (Lipinski definition) is 0. The fraction of sp³-hybridized carbons (Fsp3) is 0.700. The third-order valence-corrected chi connectivity index (χ3v) is 7.10. The van der Waals surface area contributed by atoms with Gasteiger partial charge in [-0.05, 0) is 38.5 Å². The summed E-state index contributed by atoms with van der Waals surface area (Å²) in [6.45, 7) is 6.51. The first-order chi connectivity index (χ1) is 18.0. The fourth-order valence-electron chi connectivity index (χ4n) is 3.61. The summed E-state index contributed by atoms with van der Waals surface area (Å²) in [6.07, 6.45) is 28.7. The van der Waals surface area contributed by atoms with Crippen LogP contribution in [0.1, 0.15) is 136 Å². The van der Waals surface area contributed by atoms with E-state index < -0.39 is 33.1 Å². The molecule has 0 aromatic carbocycles. The molecule has 37 heavy (non-hydrogen) atoms. The van der Waals surface area contributed by atoms with Crippen molar-refractivity contribution in [1.82, 2.24) is 0 Å². The first-order valence-electron chi connectivity index (χ1n) is 14.6. The van der Waals surface area contributed by atoms with Gasteiger partial charge in [-0.15, -0.1) is 0 Å². The highest BCUT2D eigenvalue weighted by Gasteiger charge is 2.48. The molecule has 6 nitrogen and oxygen atoms in total. The molecule has 0 saturated carbocycles. The van der Waals surface area contributed by atoms with E-state index in [1.165, 1.54) is 76.0 Å². The van der Waals surface area contributed by atoms with Crippen molar-refractivity contribution in [2.24, 2.45) is 0 Å². The molecule has 0 heterocycles. The highest BCUT2D eigenvalue weighted by molar-refractivity contribution is 6.45. The van der Waals surface area contributed by atoms with Crippen LogP contribution in [-0.2, 0) is 25.7 Å². The quantitative estimate of drug-likeness (QED) is 0.0703. The monoisotopic (exact) mass is 534 g/mol. The van der Waals surface area contributed by atoms with Crippen LogP contribution in [-0.4, -0.2) is 33.1 Å². The molecule has 0 aliphatic heterocycles. The van der Waals surface area contributed by atoms with Crippen molar-refractivity contribution in [3.8, 4) is 0 Å². The number of unbranched alkanes of at least 4 members (excludes halogenated alkanes) is 15. The lowest BCUT2D eigenvalue weighted by atomic mass is 10.1. The summed E-state index contributed by atoms with van der Waals surface area (Å²) in [5, 5.41) is 0. The van der Waals surface area contributed by atoms with Gasteiger partial charge in [0.2, 0.25) is 0 Å². The van der Waals surface area contributed by atoms with Crippen LogP contribution in [0.5, 0.6) is 0 Å². The summed E-state index contributed by atoms with van der Waals surface area (Å²) in [4.78, 5) is 36.7. The molecule has 0 fully saturated rings. The van der Waals surface area contributed by atoms with E-state index in [-0.39, 0.29) is 0 Å². The van der Waals surface area contributed by atoms with Gasteiger partial charge in [0.05, 0.1) is 0 Å². The first-order valence-corrected chi connectivity index (χ1v) is 16.1. The van der Waals surface area contributed by atoms with Crippen molar-refractivity contribution in [2.75, 3.05) is 0 Å². The van der Waals surface area contributed by atoms with Gasteiger partial charge >= 0.3 is 15.1 Å². The molecule has 0 N–H and O–H groups in total. The van der Waals surface area contributed by atoms with E-state index >= 15 is 0 Å². The maximum atomic E-state index is 12.2. The SMILES string of the molecule is CCCCCCCC=CC(=O)[O][Al]([O]C(=O)C=CCCCCCCC)[O]C(=O)C=CCCCCCCC. The molecule has 0 aromatic rings. The lowest BCUT2D eigenvalue weighted by Gasteiger charge is -2.10. The van der Waals surface area contributed by atoms with E-state index in [1.54, 1.807) is 18.2 Å². The molecule has 0 aromatic heterocycles. The van der Waals surface area contributed by atoms with Crippen LogP contribution < -0.4 is 0 Å². The molecule has 0 aliphatic carbocycles. The third-order valence-electron chi connectivity index (χ3n) is 5.82.